The molecule has 6 heteroatoms. The third kappa shape index (κ3) is 3.28. The molecule has 12 heavy (non-hydrogen) atoms. The van der Waals surface area contributed by atoms with Crippen molar-refractivity contribution in [2.24, 2.45) is 0 Å². The predicted octanol–water partition coefficient (Wildman–Crippen LogP) is 0.283. The van der Waals surface area contributed by atoms with E-state index in [4.69, 9.17) is 10.00 Å². The van der Waals surface area contributed by atoms with Crippen molar-refractivity contribution < 1.29 is 23.9 Å². The Morgan fingerprint density at radius 3 is 2.50 bits per heavy atom. The molecule has 0 rings (SSSR count). The highest BCUT2D eigenvalue weighted by molar-refractivity contribution is 7.71. The van der Waals surface area contributed by atoms with Gasteiger partial charge in [-0.15, -0.1) is 0 Å². The quantitative estimate of drug-likeness (QED) is 0.485. The van der Waals surface area contributed by atoms with Gasteiger partial charge in [0.15, 0.2) is 0 Å². The minimum Gasteiger partial charge on any atom is -0.394 e. The topological polar surface area (TPSA) is 83.8 Å². The van der Waals surface area contributed by atoms with E-state index in [1.165, 1.54) is 6.92 Å². The van der Waals surface area contributed by atoms with E-state index < -0.39 is 19.7 Å². The number of aliphatic hydroxyl groups is 1. The second kappa shape index (κ2) is 4.52. The van der Waals surface area contributed by atoms with Gasteiger partial charge in [0.05, 0.1) is 13.2 Å². The molecule has 1 unspecified atom stereocenters. The van der Waals surface area contributed by atoms with Crippen LogP contribution in [0.5, 0.6) is 0 Å². The average molecular weight is 194 g/mol. The van der Waals surface area contributed by atoms with E-state index >= 15 is 0 Å². The number of allylic oxidation sites excluding steroid dienone is 1. The monoisotopic (exact) mass is 194 g/mol. The molecule has 0 amide bonds. The molecule has 0 saturated heterocycles. The van der Waals surface area contributed by atoms with E-state index in [0.29, 0.717) is 0 Å². The van der Waals surface area contributed by atoms with E-state index in [-0.39, 0.29) is 12.2 Å². The number of carbonyl (C=O) groups excluding carboxylic acids is 1. The summed E-state index contributed by atoms with van der Waals surface area (Å²) in [6.07, 6.45) is 0. The molecule has 0 heterocycles. The van der Waals surface area contributed by atoms with Crippen molar-refractivity contribution in [1.82, 2.24) is 0 Å². The zero-order valence-electron chi connectivity index (χ0n) is 6.69. The van der Waals surface area contributed by atoms with Gasteiger partial charge in [0.1, 0.15) is 0 Å². The molecule has 0 fully saturated rings. The lowest BCUT2D eigenvalue weighted by Gasteiger charge is -2.08. The summed E-state index contributed by atoms with van der Waals surface area (Å²) in [7, 11) is -4.25. The summed E-state index contributed by atoms with van der Waals surface area (Å²) < 4.78 is 15.2. The van der Waals surface area contributed by atoms with Crippen molar-refractivity contribution in [3.05, 3.63) is 12.2 Å². The number of rotatable bonds is 5. The molecule has 0 bridgehead atoms. The summed E-state index contributed by atoms with van der Waals surface area (Å²) in [6, 6.07) is 0. The maximum absolute atomic E-state index is 10.9. The highest BCUT2D eigenvalue weighted by Gasteiger charge is 2.30. The summed E-state index contributed by atoms with van der Waals surface area (Å²) in [5.41, 5.74) is -1.06. The van der Waals surface area contributed by atoms with Crippen LogP contribution in [0, 0.1) is 0 Å². The second-order valence-electron chi connectivity index (χ2n) is 2.16. The normalized spacial score (nSPS) is 15.2. The summed E-state index contributed by atoms with van der Waals surface area (Å²) in [5, 5.41) is 8.26. The van der Waals surface area contributed by atoms with Gasteiger partial charge in [-0.3, -0.25) is 9.36 Å². The fourth-order valence-corrected chi connectivity index (χ4v) is 1.39. The zero-order valence-corrected chi connectivity index (χ0v) is 7.58. The molecular formula is C6H11O5P. The van der Waals surface area contributed by atoms with Crippen LogP contribution in [0.3, 0.4) is 0 Å². The van der Waals surface area contributed by atoms with Crippen molar-refractivity contribution in [3.8, 4) is 0 Å². The molecular weight excluding hydrogens is 183 g/mol. The Morgan fingerprint density at radius 2 is 2.17 bits per heavy atom. The first kappa shape index (κ1) is 11.5. The molecule has 0 aliphatic carbocycles. The van der Waals surface area contributed by atoms with E-state index in [2.05, 4.69) is 11.1 Å². The molecule has 2 N–H and O–H groups in total. The molecule has 0 radical (unpaired) electrons. The van der Waals surface area contributed by atoms with Crippen LogP contribution in [0.2, 0.25) is 0 Å². The number of hydrogen-bond acceptors (Lipinski definition) is 4. The maximum Gasteiger partial charge on any atom is 0.398 e. The smallest absolute Gasteiger partial charge is 0.394 e. The van der Waals surface area contributed by atoms with Crippen molar-refractivity contribution >= 4 is 13.1 Å². The molecule has 70 valence electrons. The summed E-state index contributed by atoms with van der Waals surface area (Å²) >= 11 is 0. The molecule has 0 spiro atoms. The lowest BCUT2D eigenvalue weighted by Crippen LogP contribution is -2.06. The summed E-state index contributed by atoms with van der Waals surface area (Å²) in [4.78, 5) is 19.7. The van der Waals surface area contributed by atoms with Gasteiger partial charge in [0, 0.05) is 0 Å². The van der Waals surface area contributed by atoms with Gasteiger partial charge in [0.25, 0.3) is 5.52 Å². The van der Waals surface area contributed by atoms with Gasteiger partial charge in [-0.25, -0.2) is 0 Å². The number of hydrogen-bond donors (Lipinski definition) is 2. The van der Waals surface area contributed by atoms with Gasteiger partial charge >= 0.3 is 7.60 Å². The van der Waals surface area contributed by atoms with E-state index in [9.17, 15) is 9.36 Å². The van der Waals surface area contributed by atoms with E-state index in [0.717, 1.165) is 0 Å². The molecule has 0 aliphatic rings. The predicted molar refractivity (Wildman–Crippen MR) is 42.7 cm³/mol. The first-order chi connectivity index (χ1) is 5.41. The standard InChI is InChI=1S/C6H11O5P/c1-5(2)6(8)12(9,10)11-4-3-7/h7H,1,3-4H2,2H3,(H,9,10). The highest BCUT2D eigenvalue weighted by atomic mass is 31.2. The summed E-state index contributed by atoms with van der Waals surface area (Å²) in [6.45, 7) is 3.77. The average Bonchev–Trinajstić information content (AvgIpc) is 1.99. The van der Waals surface area contributed by atoms with Crippen LogP contribution >= 0.6 is 7.60 Å². The highest BCUT2D eigenvalue weighted by Crippen LogP contribution is 2.44. The minimum absolute atomic E-state index is 0.0428. The third-order valence-electron chi connectivity index (χ3n) is 0.979. The lowest BCUT2D eigenvalue weighted by molar-refractivity contribution is -0.110. The SMILES string of the molecule is C=C(C)C(=O)P(=O)(O)OCCO. The Hall–Kier alpha value is -0.480. The first-order valence-corrected chi connectivity index (χ1v) is 4.78. The lowest BCUT2D eigenvalue weighted by atomic mass is 10.4. The fourth-order valence-electron chi connectivity index (χ4n) is 0.464. The molecule has 0 aromatic heterocycles. The van der Waals surface area contributed by atoms with Crippen molar-refractivity contribution in [1.29, 1.82) is 0 Å². The fraction of sp³-hybridized carbons (Fsp3) is 0.500. The molecule has 0 saturated carbocycles. The van der Waals surface area contributed by atoms with E-state index in [1.807, 2.05) is 0 Å². The van der Waals surface area contributed by atoms with Crippen LogP contribution < -0.4 is 0 Å². The Morgan fingerprint density at radius 1 is 1.67 bits per heavy atom. The Kier molecular flexibility index (Phi) is 4.34. The van der Waals surface area contributed by atoms with Crippen LogP contribution in [-0.4, -0.2) is 28.7 Å². The molecule has 0 aliphatic heterocycles. The zero-order chi connectivity index (χ0) is 9.78. The molecule has 1 atom stereocenters. The van der Waals surface area contributed by atoms with Crippen LogP contribution in [0.1, 0.15) is 6.92 Å². The van der Waals surface area contributed by atoms with Crippen LogP contribution in [0.4, 0.5) is 0 Å². The Balaban J connectivity index is 4.30. The van der Waals surface area contributed by atoms with Crippen molar-refractivity contribution in [3.63, 3.8) is 0 Å². The minimum atomic E-state index is -4.25. The van der Waals surface area contributed by atoms with Crippen LogP contribution in [-0.2, 0) is 13.9 Å². The van der Waals surface area contributed by atoms with Crippen molar-refractivity contribution in [2.75, 3.05) is 13.2 Å². The Bertz CT molecular complexity index is 234. The largest absolute Gasteiger partial charge is 0.398 e. The first-order valence-electron chi connectivity index (χ1n) is 3.20. The number of carbonyl (C=O) groups is 1. The molecule has 5 nitrogen and oxygen atoms in total. The van der Waals surface area contributed by atoms with Crippen LogP contribution in [0.15, 0.2) is 12.2 Å². The van der Waals surface area contributed by atoms with Gasteiger partial charge in [-0.05, 0) is 12.5 Å². The van der Waals surface area contributed by atoms with Gasteiger partial charge in [-0.2, -0.15) is 0 Å². The van der Waals surface area contributed by atoms with Crippen molar-refractivity contribution in [2.45, 2.75) is 6.92 Å². The Labute approximate surface area is 70.2 Å². The third-order valence-corrected chi connectivity index (χ3v) is 2.41. The maximum atomic E-state index is 10.9. The molecule has 0 aromatic rings. The molecule has 0 aromatic carbocycles. The summed E-state index contributed by atoms with van der Waals surface area (Å²) in [5.74, 6) is 0. The van der Waals surface area contributed by atoms with E-state index in [1.54, 1.807) is 0 Å². The van der Waals surface area contributed by atoms with Gasteiger partial charge < -0.3 is 14.5 Å². The second-order valence-corrected chi connectivity index (χ2v) is 3.87. The van der Waals surface area contributed by atoms with Gasteiger partial charge in [-0.1, -0.05) is 6.58 Å². The number of aliphatic hydroxyl groups excluding tert-OH is 1. The van der Waals surface area contributed by atoms with Gasteiger partial charge in [0.2, 0.25) is 0 Å². The van der Waals surface area contributed by atoms with Crippen LogP contribution in [0.25, 0.3) is 0 Å².